The lowest BCUT2D eigenvalue weighted by atomic mass is 10.0. The predicted octanol–water partition coefficient (Wildman–Crippen LogP) is 3.59. The highest BCUT2D eigenvalue weighted by Crippen LogP contribution is 2.28. The number of aryl methyl sites for hydroxylation is 1. The summed E-state index contributed by atoms with van der Waals surface area (Å²) in [6.07, 6.45) is 1.06. The van der Waals surface area contributed by atoms with E-state index < -0.39 is 0 Å². The first-order valence-electron chi connectivity index (χ1n) is 6.26. The first-order chi connectivity index (χ1) is 8.10. The highest BCUT2D eigenvalue weighted by molar-refractivity contribution is 5.40. The fourth-order valence-electron chi connectivity index (χ4n) is 1.76. The molecule has 17 heavy (non-hydrogen) atoms. The lowest BCUT2D eigenvalue weighted by Crippen LogP contribution is -2.20. The van der Waals surface area contributed by atoms with Crippen LogP contribution in [0.2, 0.25) is 0 Å². The minimum Gasteiger partial charge on any atom is -0.494 e. The summed E-state index contributed by atoms with van der Waals surface area (Å²) in [5.74, 6) is 0.608. The van der Waals surface area contributed by atoms with Crippen molar-refractivity contribution in [2.24, 2.45) is 0 Å². The van der Waals surface area contributed by atoms with Crippen molar-refractivity contribution in [3.63, 3.8) is 0 Å². The van der Waals surface area contributed by atoms with Gasteiger partial charge in [0.05, 0.1) is 6.61 Å². The van der Waals surface area contributed by atoms with Gasteiger partial charge in [0.2, 0.25) is 0 Å². The SMILES string of the molecule is CCCNC(C)c1cc(F)c(C)cc1OCC. The van der Waals surface area contributed by atoms with Crippen molar-refractivity contribution in [1.29, 1.82) is 0 Å². The van der Waals surface area contributed by atoms with Crippen LogP contribution in [0.1, 0.15) is 44.4 Å². The number of halogens is 1. The maximum absolute atomic E-state index is 13.6. The molecule has 0 aromatic heterocycles. The molecule has 0 spiro atoms. The van der Waals surface area contributed by atoms with Crippen LogP contribution in [0.25, 0.3) is 0 Å². The van der Waals surface area contributed by atoms with Crippen LogP contribution in [-0.2, 0) is 0 Å². The van der Waals surface area contributed by atoms with E-state index in [2.05, 4.69) is 12.2 Å². The Bertz CT molecular complexity index is 365. The Hall–Kier alpha value is -1.09. The van der Waals surface area contributed by atoms with Gasteiger partial charge in [-0.15, -0.1) is 0 Å². The van der Waals surface area contributed by atoms with Gasteiger partial charge in [0, 0.05) is 11.6 Å². The molecule has 1 rings (SSSR count). The normalized spacial score (nSPS) is 12.5. The second kappa shape index (κ2) is 6.60. The molecule has 1 aromatic carbocycles. The number of benzene rings is 1. The van der Waals surface area contributed by atoms with E-state index in [1.807, 2.05) is 13.8 Å². The Balaban J connectivity index is 2.98. The zero-order valence-electron chi connectivity index (χ0n) is 11.1. The van der Waals surface area contributed by atoms with Gasteiger partial charge in [0.15, 0.2) is 0 Å². The zero-order valence-corrected chi connectivity index (χ0v) is 11.1. The maximum atomic E-state index is 13.6. The standard InChI is InChI=1S/C14H22FNO/c1-5-7-16-11(4)12-9-13(15)10(3)8-14(12)17-6-2/h8-9,11,16H,5-7H2,1-4H3. The molecule has 0 aliphatic carbocycles. The van der Waals surface area contributed by atoms with Gasteiger partial charge in [-0.05, 0) is 51.4 Å². The van der Waals surface area contributed by atoms with Crippen molar-refractivity contribution in [1.82, 2.24) is 5.32 Å². The first-order valence-corrected chi connectivity index (χ1v) is 6.26. The highest BCUT2D eigenvalue weighted by Gasteiger charge is 2.14. The van der Waals surface area contributed by atoms with E-state index in [0.29, 0.717) is 12.2 Å². The molecule has 1 atom stereocenters. The summed E-state index contributed by atoms with van der Waals surface area (Å²) in [7, 11) is 0. The number of ether oxygens (including phenoxy) is 1. The van der Waals surface area contributed by atoms with Crippen molar-refractivity contribution in [2.45, 2.75) is 40.2 Å². The van der Waals surface area contributed by atoms with E-state index in [1.165, 1.54) is 0 Å². The Labute approximate surface area is 103 Å². The third-order valence-electron chi connectivity index (χ3n) is 2.76. The fraction of sp³-hybridized carbons (Fsp3) is 0.571. The molecule has 96 valence electrons. The molecule has 2 nitrogen and oxygen atoms in total. The molecule has 0 fully saturated rings. The molecule has 3 heteroatoms. The summed E-state index contributed by atoms with van der Waals surface area (Å²) >= 11 is 0. The summed E-state index contributed by atoms with van der Waals surface area (Å²) in [6, 6.07) is 3.46. The van der Waals surface area contributed by atoms with Crippen LogP contribution in [0.15, 0.2) is 12.1 Å². The van der Waals surface area contributed by atoms with Gasteiger partial charge in [0.1, 0.15) is 11.6 Å². The lowest BCUT2D eigenvalue weighted by molar-refractivity contribution is 0.331. The molecule has 0 saturated carbocycles. The molecule has 1 aromatic rings. The van der Waals surface area contributed by atoms with Crippen LogP contribution in [-0.4, -0.2) is 13.2 Å². The van der Waals surface area contributed by atoms with Gasteiger partial charge in [0.25, 0.3) is 0 Å². The number of hydrogen-bond acceptors (Lipinski definition) is 2. The molecule has 0 radical (unpaired) electrons. The van der Waals surface area contributed by atoms with Crippen LogP contribution in [0.4, 0.5) is 4.39 Å². The topological polar surface area (TPSA) is 21.3 Å². The van der Waals surface area contributed by atoms with Gasteiger partial charge in [-0.25, -0.2) is 4.39 Å². The zero-order chi connectivity index (χ0) is 12.8. The molecule has 1 unspecified atom stereocenters. The molecular formula is C14H22FNO. The van der Waals surface area contributed by atoms with Crippen molar-refractivity contribution in [3.05, 3.63) is 29.1 Å². The van der Waals surface area contributed by atoms with Crippen molar-refractivity contribution in [2.75, 3.05) is 13.2 Å². The molecule has 0 bridgehead atoms. The van der Waals surface area contributed by atoms with Gasteiger partial charge in [-0.1, -0.05) is 6.92 Å². The van der Waals surface area contributed by atoms with Crippen LogP contribution in [0, 0.1) is 12.7 Å². The lowest BCUT2D eigenvalue weighted by Gasteiger charge is -2.18. The average Bonchev–Trinajstić information content (AvgIpc) is 2.30. The van der Waals surface area contributed by atoms with E-state index in [9.17, 15) is 4.39 Å². The smallest absolute Gasteiger partial charge is 0.126 e. The van der Waals surface area contributed by atoms with E-state index in [1.54, 1.807) is 19.1 Å². The molecule has 0 aliphatic heterocycles. The van der Waals surface area contributed by atoms with Crippen molar-refractivity contribution >= 4 is 0 Å². The molecule has 1 N–H and O–H groups in total. The van der Waals surface area contributed by atoms with Crippen molar-refractivity contribution < 1.29 is 9.13 Å². The summed E-state index contributed by atoms with van der Waals surface area (Å²) in [5, 5.41) is 3.35. The largest absolute Gasteiger partial charge is 0.494 e. The molecule has 0 aliphatic rings. The number of nitrogens with one attached hydrogen (secondary N) is 1. The average molecular weight is 239 g/mol. The highest BCUT2D eigenvalue weighted by atomic mass is 19.1. The van der Waals surface area contributed by atoms with Gasteiger partial charge in [-0.2, -0.15) is 0 Å². The monoisotopic (exact) mass is 239 g/mol. The third-order valence-corrected chi connectivity index (χ3v) is 2.76. The molecule has 0 amide bonds. The van der Waals surface area contributed by atoms with E-state index >= 15 is 0 Å². The molecule has 0 saturated heterocycles. The molecule has 0 heterocycles. The van der Waals surface area contributed by atoms with Gasteiger partial charge < -0.3 is 10.1 Å². The maximum Gasteiger partial charge on any atom is 0.126 e. The minimum absolute atomic E-state index is 0.103. The van der Waals surface area contributed by atoms with E-state index in [0.717, 1.165) is 24.3 Å². The Morgan fingerprint density at radius 3 is 2.65 bits per heavy atom. The number of hydrogen-bond donors (Lipinski definition) is 1. The summed E-state index contributed by atoms with van der Waals surface area (Å²) in [5.41, 5.74) is 1.52. The Morgan fingerprint density at radius 2 is 2.06 bits per heavy atom. The molecular weight excluding hydrogens is 217 g/mol. The Kier molecular flexibility index (Phi) is 5.42. The van der Waals surface area contributed by atoms with E-state index in [4.69, 9.17) is 4.74 Å². The minimum atomic E-state index is -0.173. The van der Waals surface area contributed by atoms with Crippen molar-refractivity contribution in [3.8, 4) is 5.75 Å². The van der Waals surface area contributed by atoms with Gasteiger partial charge in [-0.3, -0.25) is 0 Å². The second-order valence-electron chi connectivity index (χ2n) is 4.25. The van der Waals surface area contributed by atoms with Gasteiger partial charge >= 0.3 is 0 Å². The first kappa shape index (κ1) is 14.0. The van der Waals surface area contributed by atoms with Crippen LogP contribution < -0.4 is 10.1 Å². The Morgan fingerprint density at radius 1 is 1.35 bits per heavy atom. The quantitative estimate of drug-likeness (QED) is 0.819. The summed E-state index contributed by atoms with van der Waals surface area (Å²) in [6.45, 7) is 9.35. The summed E-state index contributed by atoms with van der Waals surface area (Å²) in [4.78, 5) is 0. The third kappa shape index (κ3) is 3.70. The van der Waals surface area contributed by atoms with E-state index in [-0.39, 0.29) is 11.9 Å². The van der Waals surface area contributed by atoms with Crippen LogP contribution in [0.3, 0.4) is 0 Å². The second-order valence-corrected chi connectivity index (χ2v) is 4.25. The van der Waals surface area contributed by atoms with Crippen LogP contribution >= 0.6 is 0 Å². The fourth-order valence-corrected chi connectivity index (χ4v) is 1.76. The number of rotatable bonds is 6. The van der Waals surface area contributed by atoms with Crippen LogP contribution in [0.5, 0.6) is 5.75 Å². The predicted molar refractivity (Wildman–Crippen MR) is 69.0 cm³/mol. The summed E-state index contributed by atoms with van der Waals surface area (Å²) < 4.78 is 19.2.